The second kappa shape index (κ2) is 10.8. The lowest BCUT2D eigenvalue weighted by atomic mass is 10.2. The van der Waals surface area contributed by atoms with Gasteiger partial charge in [0, 0.05) is 24.7 Å². The fraction of sp³-hybridized carbons (Fsp3) is 0.240. The maximum absolute atomic E-state index is 13.7. The molecule has 34 heavy (non-hydrogen) atoms. The molecule has 0 aliphatic rings. The molecule has 0 heterocycles. The quantitative estimate of drug-likeness (QED) is 0.430. The van der Waals surface area contributed by atoms with Crippen LogP contribution in [-0.4, -0.2) is 47.0 Å². The zero-order valence-electron chi connectivity index (χ0n) is 19.5. The van der Waals surface area contributed by atoms with Crippen molar-refractivity contribution in [1.82, 2.24) is 4.90 Å². The van der Waals surface area contributed by atoms with Crippen molar-refractivity contribution in [2.45, 2.75) is 18.4 Å². The lowest BCUT2D eigenvalue weighted by molar-refractivity contribution is -0.128. The number of amides is 1. The van der Waals surface area contributed by atoms with Crippen LogP contribution in [0, 0.1) is 6.92 Å². The first-order chi connectivity index (χ1) is 16.1. The summed E-state index contributed by atoms with van der Waals surface area (Å²) in [6.45, 7) is 1.85. The highest BCUT2D eigenvalue weighted by molar-refractivity contribution is 7.92. The summed E-state index contributed by atoms with van der Waals surface area (Å²) in [4.78, 5) is 14.6. The van der Waals surface area contributed by atoms with Gasteiger partial charge in [0.25, 0.3) is 10.0 Å². The molecule has 0 bridgehead atoms. The fourth-order valence-electron chi connectivity index (χ4n) is 3.33. The van der Waals surface area contributed by atoms with Crippen molar-refractivity contribution < 1.29 is 22.7 Å². The van der Waals surface area contributed by atoms with E-state index in [4.69, 9.17) is 21.1 Å². The van der Waals surface area contributed by atoms with Crippen molar-refractivity contribution in [1.29, 1.82) is 0 Å². The van der Waals surface area contributed by atoms with Crippen LogP contribution in [0.4, 0.5) is 5.69 Å². The molecule has 0 aliphatic heterocycles. The fourth-order valence-corrected chi connectivity index (χ4v) is 4.88. The van der Waals surface area contributed by atoms with Crippen molar-refractivity contribution in [3.05, 3.63) is 82.9 Å². The second-order valence-electron chi connectivity index (χ2n) is 7.74. The summed E-state index contributed by atoms with van der Waals surface area (Å²) in [5.41, 5.74) is 2.23. The van der Waals surface area contributed by atoms with E-state index in [0.717, 1.165) is 15.4 Å². The van der Waals surface area contributed by atoms with Crippen LogP contribution in [0.1, 0.15) is 11.1 Å². The summed E-state index contributed by atoms with van der Waals surface area (Å²) >= 11 is 5.94. The molecule has 0 atom stereocenters. The first-order valence-corrected chi connectivity index (χ1v) is 12.3. The Labute approximate surface area is 205 Å². The van der Waals surface area contributed by atoms with E-state index < -0.39 is 10.0 Å². The Kier molecular flexibility index (Phi) is 8.06. The van der Waals surface area contributed by atoms with Gasteiger partial charge in [-0.15, -0.1) is 0 Å². The van der Waals surface area contributed by atoms with Crippen LogP contribution in [0.25, 0.3) is 0 Å². The third kappa shape index (κ3) is 5.81. The number of carbonyl (C=O) groups is 1. The van der Waals surface area contributed by atoms with E-state index >= 15 is 0 Å². The Morgan fingerprint density at radius 2 is 1.53 bits per heavy atom. The number of nitrogens with zero attached hydrogens (tertiary/aromatic N) is 2. The number of rotatable bonds is 9. The number of hydrogen-bond donors (Lipinski definition) is 0. The molecule has 180 valence electrons. The first kappa shape index (κ1) is 25.4. The number of likely N-dealkylation sites (N-methyl/N-ethyl adjacent to an activating group) is 1. The average Bonchev–Trinajstić information content (AvgIpc) is 2.83. The number of anilines is 1. The van der Waals surface area contributed by atoms with Gasteiger partial charge in [0.05, 0.1) is 24.8 Å². The van der Waals surface area contributed by atoms with Crippen molar-refractivity contribution in [3.63, 3.8) is 0 Å². The summed E-state index contributed by atoms with van der Waals surface area (Å²) < 4.78 is 39.0. The molecule has 0 aromatic heterocycles. The minimum atomic E-state index is -4.10. The Morgan fingerprint density at radius 3 is 2.12 bits per heavy atom. The minimum Gasteiger partial charge on any atom is -0.493 e. The number of methoxy groups -OCH3 is 2. The average molecular weight is 503 g/mol. The van der Waals surface area contributed by atoms with Gasteiger partial charge < -0.3 is 14.4 Å². The van der Waals surface area contributed by atoms with Crippen LogP contribution >= 0.6 is 11.6 Å². The Bertz CT molecular complexity index is 1250. The highest BCUT2D eigenvalue weighted by atomic mass is 35.5. The van der Waals surface area contributed by atoms with Gasteiger partial charge in [0.2, 0.25) is 5.91 Å². The number of aryl methyl sites for hydroxylation is 1. The van der Waals surface area contributed by atoms with Crippen LogP contribution in [0.5, 0.6) is 11.5 Å². The molecule has 1 amide bonds. The lowest BCUT2D eigenvalue weighted by Gasteiger charge is -2.27. The molecule has 3 rings (SSSR count). The Hall–Kier alpha value is -3.23. The van der Waals surface area contributed by atoms with Crippen molar-refractivity contribution in [2.24, 2.45) is 0 Å². The zero-order valence-corrected chi connectivity index (χ0v) is 21.1. The maximum Gasteiger partial charge on any atom is 0.264 e. The Balaban J connectivity index is 1.94. The van der Waals surface area contributed by atoms with E-state index in [-0.39, 0.29) is 23.1 Å². The van der Waals surface area contributed by atoms with Gasteiger partial charge in [-0.3, -0.25) is 9.10 Å². The van der Waals surface area contributed by atoms with Gasteiger partial charge in [0.15, 0.2) is 11.5 Å². The summed E-state index contributed by atoms with van der Waals surface area (Å²) in [5, 5.41) is 0.601. The Morgan fingerprint density at radius 1 is 0.912 bits per heavy atom. The summed E-state index contributed by atoms with van der Waals surface area (Å²) in [6.07, 6.45) is 0. The third-order valence-electron chi connectivity index (χ3n) is 5.30. The van der Waals surface area contributed by atoms with E-state index in [1.807, 2.05) is 19.1 Å². The smallest absolute Gasteiger partial charge is 0.264 e. The highest BCUT2D eigenvalue weighted by Gasteiger charge is 2.29. The van der Waals surface area contributed by atoms with E-state index in [9.17, 15) is 13.2 Å². The van der Waals surface area contributed by atoms with Crippen molar-refractivity contribution >= 4 is 33.2 Å². The molecule has 0 N–H and O–H groups in total. The predicted molar refractivity (Wildman–Crippen MR) is 133 cm³/mol. The summed E-state index contributed by atoms with van der Waals surface area (Å²) in [5.74, 6) is 0.320. The molecule has 3 aromatic carbocycles. The molecule has 0 saturated heterocycles. The molecule has 0 fully saturated rings. The molecule has 9 heteroatoms. The third-order valence-corrected chi connectivity index (χ3v) is 7.32. The predicted octanol–water partition coefficient (Wildman–Crippen LogP) is 4.52. The van der Waals surface area contributed by atoms with E-state index in [1.165, 1.54) is 37.3 Å². The monoisotopic (exact) mass is 502 g/mol. The SMILES string of the molecule is COc1ccc(S(=O)(=O)N(CC(=O)N(C)Cc2ccc(Cl)cc2)c2ccc(C)cc2)cc1OC. The van der Waals surface area contributed by atoms with Crippen molar-refractivity contribution in [2.75, 3.05) is 32.1 Å². The molecule has 0 unspecified atom stereocenters. The molecule has 0 aliphatic carbocycles. The summed E-state index contributed by atoms with van der Waals surface area (Å²) in [7, 11) is 0.437. The first-order valence-electron chi connectivity index (χ1n) is 10.5. The molecule has 7 nitrogen and oxygen atoms in total. The van der Waals surface area contributed by atoms with Crippen LogP contribution in [0.15, 0.2) is 71.6 Å². The van der Waals surface area contributed by atoms with Gasteiger partial charge >= 0.3 is 0 Å². The molecule has 0 spiro atoms. The van der Waals surface area contributed by atoms with Gasteiger partial charge in [-0.2, -0.15) is 0 Å². The number of carbonyl (C=O) groups excluding carboxylic acids is 1. The van der Waals surface area contributed by atoms with Gasteiger partial charge in [0.1, 0.15) is 6.54 Å². The molecular formula is C25H27ClN2O5S. The van der Waals surface area contributed by atoms with E-state index in [2.05, 4.69) is 0 Å². The van der Waals surface area contributed by atoms with Crippen LogP contribution in [0.2, 0.25) is 5.02 Å². The zero-order chi connectivity index (χ0) is 24.9. The van der Waals surface area contributed by atoms with Crippen LogP contribution < -0.4 is 13.8 Å². The standard InChI is InChI=1S/C25H27ClN2O5S/c1-18-5-11-21(12-6-18)28(17-25(29)27(2)16-19-7-9-20(26)10-8-19)34(30,31)22-13-14-23(32-3)24(15-22)33-4/h5-15H,16-17H2,1-4H3. The number of sulfonamides is 1. The second-order valence-corrected chi connectivity index (χ2v) is 10.0. The van der Waals surface area contributed by atoms with Gasteiger partial charge in [-0.25, -0.2) is 8.42 Å². The molecule has 0 saturated carbocycles. The lowest BCUT2D eigenvalue weighted by Crippen LogP contribution is -2.41. The van der Waals surface area contributed by atoms with Gasteiger partial charge in [-0.05, 0) is 48.9 Å². The highest BCUT2D eigenvalue weighted by Crippen LogP contribution is 2.32. The van der Waals surface area contributed by atoms with E-state index in [1.54, 1.807) is 43.4 Å². The number of halogens is 1. The summed E-state index contributed by atoms with van der Waals surface area (Å²) in [6, 6.07) is 18.4. The number of hydrogen-bond acceptors (Lipinski definition) is 5. The molecular weight excluding hydrogens is 476 g/mol. The molecule has 3 aromatic rings. The number of benzene rings is 3. The van der Waals surface area contributed by atoms with E-state index in [0.29, 0.717) is 23.0 Å². The van der Waals surface area contributed by atoms with Crippen molar-refractivity contribution in [3.8, 4) is 11.5 Å². The minimum absolute atomic E-state index is 0.0149. The van der Waals surface area contributed by atoms with Crippen LogP contribution in [-0.2, 0) is 21.4 Å². The largest absolute Gasteiger partial charge is 0.493 e. The van der Waals surface area contributed by atoms with Crippen LogP contribution in [0.3, 0.4) is 0 Å². The molecule has 0 radical (unpaired) electrons. The van der Waals surface area contributed by atoms with Gasteiger partial charge in [-0.1, -0.05) is 41.4 Å². The topological polar surface area (TPSA) is 76.2 Å². The number of ether oxygens (including phenoxy) is 2. The normalized spacial score (nSPS) is 11.1. The maximum atomic E-state index is 13.7.